The van der Waals surface area contributed by atoms with Gasteiger partial charge in [-0.15, -0.1) is 0 Å². The van der Waals surface area contributed by atoms with Crippen LogP contribution in [0.3, 0.4) is 0 Å². The molecule has 1 aromatic carbocycles. The third-order valence-corrected chi connectivity index (χ3v) is 4.63. The summed E-state index contributed by atoms with van der Waals surface area (Å²) < 4.78 is 16.6. The zero-order valence-electron chi connectivity index (χ0n) is 14.8. The highest BCUT2D eigenvalue weighted by atomic mass is 16.7. The Hall–Kier alpha value is -1.41. The van der Waals surface area contributed by atoms with E-state index in [1.54, 1.807) is 31.2 Å². The van der Waals surface area contributed by atoms with Gasteiger partial charge < -0.3 is 24.3 Å². The second-order valence-corrected chi connectivity index (χ2v) is 6.90. The van der Waals surface area contributed by atoms with Crippen molar-refractivity contribution in [3.8, 4) is 0 Å². The van der Waals surface area contributed by atoms with E-state index in [2.05, 4.69) is 0 Å². The lowest BCUT2D eigenvalue weighted by molar-refractivity contribution is -0.159. The van der Waals surface area contributed by atoms with Crippen LogP contribution in [0.1, 0.15) is 46.3 Å². The number of carbonyl (C=O) groups excluding carboxylic acids is 1. The quantitative estimate of drug-likeness (QED) is 0.615. The highest BCUT2D eigenvalue weighted by Gasteiger charge is 2.51. The third kappa shape index (κ3) is 3.64. The predicted octanol–water partition coefficient (Wildman–Crippen LogP) is 0.943. The Bertz CT molecular complexity index is 567. The highest BCUT2D eigenvalue weighted by molar-refractivity contribution is 6.62. The number of ether oxygens (including phenoxy) is 1. The van der Waals surface area contributed by atoms with Crippen LogP contribution in [0.15, 0.2) is 24.3 Å². The van der Waals surface area contributed by atoms with Crippen molar-refractivity contribution in [3.05, 3.63) is 29.8 Å². The summed E-state index contributed by atoms with van der Waals surface area (Å²) in [6.07, 6.45) is -2.97. The minimum absolute atomic E-state index is 0.142. The average Bonchev–Trinajstić information content (AvgIpc) is 2.74. The summed E-state index contributed by atoms with van der Waals surface area (Å²) in [4.78, 5) is 11.5. The summed E-state index contributed by atoms with van der Waals surface area (Å²) in [6.45, 7) is 9.67. The minimum atomic E-state index is -1.62. The molecule has 7 heteroatoms. The molecule has 0 spiro atoms. The molecule has 6 nitrogen and oxygen atoms in total. The number of esters is 1. The SMILES string of the molecule is CCOC(=O)C(O)C(O)c1ccc(B2OC(C)(C)C(C)(C)O2)cc1. The summed E-state index contributed by atoms with van der Waals surface area (Å²) in [5, 5.41) is 19.9. The van der Waals surface area contributed by atoms with Crippen LogP contribution in [0, 0.1) is 0 Å². The van der Waals surface area contributed by atoms with Crippen molar-refractivity contribution in [1.82, 2.24) is 0 Å². The Morgan fingerprint density at radius 2 is 1.62 bits per heavy atom. The molecule has 1 fully saturated rings. The zero-order chi connectivity index (χ0) is 18.1. The molecule has 0 aromatic heterocycles. The molecule has 0 amide bonds. The van der Waals surface area contributed by atoms with E-state index in [0.29, 0.717) is 5.56 Å². The molecular weight excluding hydrogens is 311 g/mol. The number of hydrogen-bond acceptors (Lipinski definition) is 6. The Kier molecular flexibility index (Phi) is 5.39. The summed E-state index contributed by atoms with van der Waals surface area (Å²) in [5.74, 6) is -0.847. The van der Waals surface area contributed by atoms with Crippen LogP contribution in [0.5, 0.6) is 0 Å². The molecule has 0 bridgehead atoms. The maximum Gasteiger partial charge on any atom is 0.494 e. The molecule has 2 rings (SSSR count). The van der Waals surface area contributed by atoms with E-state index >= 15 is 0 Å². The van der Waals surface area contributed by atoms with Crippen LogP contribution in [0.4, 0.5) is 0 Å². The average molecular weight is 336 g/mol. The van der Waals surface area contributed by atoms with Gasteiger partial charge >= 0.3 is 13.1 Å². The Morgan fingerprint density at radius 1 is 1.12 bits per heavy atom. The van der Waals surface area contributed by atoms with Gasteiger partial charge in [0.25, 0.3) is 0 Å². The maximum atomic E-state index is 11.5. The van der Waals surface area contributed by atoms with Gasteiger partial charge in [0.1, 0.15) is 6.10 Å². The molecule has 0 aliphatic carbocycles. The molecule has 1 heterocycles. The lowest BCUT2D eigenvalue weighted by Crippen LogP contribution is -2.41. The van der Waals surface area contributed by atoms with Crippen molar-refractivity contribution in [2.75, 3.05) is 6.61 Å². The topological polar surface area (TPSA) is 85.2 Å². The van der Waals surface area contributed by atoms with Gasteiger partial charge in [-0.1, -0.05) is 24.3 Å². The second kappa shape index (κ2) is 6.84. The molecule has 132 valence electrons. The summed E-state index contributed by atoms with van der Waals surface area (Å²) in [6, 6.07) is 6.76. The third-order valence-electron chi connectivity index (χ3n) is 4.63. The van der Waals surface area contributed by atoms with E-state index in [4.69, 9.17) is 14.0 Å². The molecule has 1 aromatic rings. The monoisotopic (exact) mass is 336 g/mol. The van der Waals surface area contributed by atoms with Gasteiger partial charge in [-0.2, -0.15) is 0 Å². The van der Waals surface area contributed by atoms with Crippen molar-refractivity contribution in [3.63, 3.8) is 0 Å². The number of aliphatic hydroxyl groups is 2. The van der Waals surface area contributed by atoms with E-state index in [1.165, 1.54) is 0 Å². The fraction of sp³-hybridized carbons (Fsp3) is 0.588. The van der Waals surface area contributed by atoms with Crippen LogP contribution in [-0.2, 0) is 18.8 Å². The number of carbonyl (C=O) groups is 1. The van der Waals surface area contributed by atoms with Crippen molar-refractivity contribution >= 4 is 18.6 Å². The van der Waals surface area contributed by atoms with Crippen molar-refractivity contribution < 1.29 is 29.1 Å². The van der Waals surface area contributed by atoms with Gasteiger partial charge in [0.15, 0.2) is 6.10 Å². The molecular formula is C17H25BO6. The first kappa shape index (κ1) is 18.9. The Balaban J connectivity index is 2.10. The number of aliphatic hydroxyl groups excluding tert-OH is 2. The van der Waals surface area contributed by atoms with E-state index in [1.807, 2.05) is 27.7 Å². The van der Waals surface area contributed by atoms with Crippen LogP contribution in [-0.4, -0.2) is 47.2 Å². The standard InChI is InChI=1S/C17H25BO6/c1-6-22-15(21)14(20)13(19)11-7-9-12(10-8-11)18-23-16(2,3)17(4,5)24-18/h7-10,13-14,19-20H,6H2,1-5H3. The van der Waals surface area contributed by atoms with Crippen LogP contribution < -0.4 is 5.46 Å². The second-order valence-electron chi connectivity index (χ2n) is 6.90. The lowest BCUT2D eigenvalue weighted by Gasteiger charge is -2.32. The summed E-state index contributed by atoms with van der Waals surface area (Å²) in [5.41, 5.74) is 0.345. The van der Waals surface area contributed by atoms with Crippen LogP contribution in [0.25, 0.3) is 0 Å². The molecule has 0 saturated carbocycles. The van der Waals surface area contributed by atoms with E-state index in [0.717, 1.165) is 5.46 Å². The van der Waals surface area contributed by atoms with Crippen molar-refractivity contribution in [1.29, 1.82) is 0 Å². The molecule has 1 aliphatic heterocycles. The molecule has 1 aliphatic rings. The fourth-order valence-electron chi connectivity index (χ4n) is 2.37. The number of rotatable bonds is 5. The summed E-state index contributed by atoms with van der Waals surface area (Å²) >= 11 is 0. The van der Waals surface area contributed by atoms with Crippen molar-refractivity contribution in [2.24, 2.45) is 0 Å². The largest absolute Gasteiger partial charge is 0.494 e. The number of hydrogen-bond donors (Lipinski definition) is 2. The first-order valence-corrected chi connectivity index (χ1v) is 8.07. The molecule has 2 atom stereocenters. The van der Waals surface area contributed by atoms with Gasteiger partial charge in [0, 0.05) is 0 Å². The Labute approximate surface area is 142 Å². The molecule has 1 saturated heterocycles. The van der Waals surface area contributed by atoms with Gasteiger partial charge in [-0.05, 0) is 45.6 Å². The Morgan fingerprint density at radius 3 is 2.08 bits per heavy atom. The first-order valence-electron chi connectivity index (χ1n) is 8.07. The van der Waals surface area contributed by atoms with Gasteiger partial charge in [0.05, 0.1) is 17.8 Å². The fourth-order valence-corrected chi connectivity index (χ4v) is 2.37. The zero-order valence-corrected chi connectivity index (χ0v) is 14.8. The molecule has 24 heavy (non-hydrogen) atoms. The van der Waals surface area contributed by atoms with Crippen molar-refractivity contribution in [2.45, 2.75) is 58.0 Å². The number of benzene rings is 1. The van der Waals surface area contributed by atoms with E-state index in [9.17, 15) is 15.0 Å². The molecule has 2 N–H and O–H groups in total. The summed E-state index contributed by atoms with van der Waals surface area (Å²) in [7, 11) is -0.504. The first-order chi connectivity index (χ1) is 11.1. The lowest BCUT2D eigenvalue weighted by atomic mass is 9.78. The molecule has 2 unspecified atom stereocenters. The van der Waals surface area contributed by atoms with Gasteiger partial charge in [-0.25, -0.2) is 4.79 Å². The van der Waals surface area contributed by atoms with Crippen LogP contribution >= 0.6 is 0 Å². The van der Waals surface area contributed by atoms with Gasteiger partial charge in [-0.3, -0.25) is 0 Å². The predicted molar refractivity (Wildman–Crippen MR) is 89.8 cm³/mol. The van der Waals surface area contributed by atoms with E-state index in [-0.39, 0.29) is 6.61 Å². The van der Waals surface area contributed by atoms with Crippen LogP contribution in [0.2, 0.25) is 0 Å². The molecule has 0 radical (unpaired) electrons. The smallest absolute Gasteiger partial charge is 0.464 e. The van der Waals surface area contributed by atoms with E-state index < -0.39 is 36.5 Å². The maximum absolute atomic E-state index is 11.5. The normalized spacial score (nSPS) is 21.4. The highest BCUT2D eigenvalue weighted by Crippen LogP contribution is 2.36. The van der Waals surface area contributed by atoms with Gasteiger partial charge in [0.2, 0.25) is 0 Å². The minimum Gasteiger partial charge on any atom is -0.464 e.